The van der Waals surface area contributed by atoms with Crippen LogP contribution >= 0.6 is 15.9 Å². The molecule has 1 atom stereocenters. The van der Waals surface area contributed by atoms with Gasteiger partial charge in [0.25, 0.3) is 10.0 Å². The Morgan fingerprint density at radius 3 is 2.06 bits per heavy atom. The number of methoxy groups -OCH3 is 2. The summed E-state index contributed by atoms with van der Waals surface area (Å²) in [7, 11) is -1.41. The number of sulfonamides is 1. The summed E-state index contributed by atoms with van der Waals surface area (Å²) in [6.07, 6.45) is 0.223. The Bertz CT molecular complexity index is 1740. The largest absolute Gasteiger partial charge is 0.497 e. The third kappa shape index (κ3) is 9.36. The van der Waals surface area contributed by atoms with E-state index >= 15 is 0 Å². The standard InChI is InChI=1S/C36H40BrN3O6S/c1-26(2)23-38-36(42)33(21-27-11-7-5-8-12-27)39(24-28-15-17-29(37)18-16-28)35(41)25-40(47(43,44)31-13-9-6-10-14-31)32-22-30(45-3)19-20-34(32)46-4/h5-20,22,26,33H,21,23-25H2,1-4H3,(H,38,42)/t33-/m1/s1. The second-order valence-electron chi connectivity index (χ2n) is 11.4. The summed E-state index contributed by atoms with van der Waals surface area (Å²) in [6, 6.07) is 28.6. The summed E-state index contributed by atoms with van der Waals surface area (Å²) < 4.78 is 41.5. The van der Waals surface area contributed by atoms with Gasteiger partial charge in [0.05, 0.1) is 24.8 Å². The Morgan fingerprint density at radius 2 is 1.47 bits per heavy atom. The minimum absolute atomic E-state index is 0.00681. The number of benzene rings is 4. The molecule has 4 rings (SSSR count). The van der Waals surface area contributed by atoms with E-state index in [1.54, 1.807) is 30.3 Å². The van der Waals surface area contributed by atoms with Gasteiger partial charge in [-0.05, 0) is 53.4 Å². The molecule has 1 N–H and O–H groups in total. The van der Waals surface area contributed by atoms with Gasteiger partial charge in [0, 0.05) is 30.0 Å². The third-order valence-corrected chi connectivity index (χ3v) is 9.79. The van der Waals surface area contributed by atoms with Crippen LogP contribution in [0.3, 0.4) is 0 Å². The highest BCUT2D eigenvalue weighted by Crippen LogP contribution is 2.36. The molecule has 4 aromatic carbocycles. The van der Waals surface area contributed by atoms with Crippen LogP contribution < -0.4 is 19.1 Å². The Hall–Kier alpha value is -4.35. The molecule has 0 unspecified atom stereocenters. The molecule has 0 saturated carbocycles. The fourth-order valence-electron chi connectivity index (χ4n) is 4.99. The van der Waals surface area contributed by atoms with Crippen LogP contribution in [0.15, 0.2) is 112 Å². The molecule has 248 valence electrons. The van der Waals surface area contributed by atoms with Gasteiger partial charge >= 0.3 is 0 Å². The summed E-state index contributed by atoms with van der Waals surface area (Å²) in [5.41, 5.74) is 1.75. The number of rotatable bonds is 15. The van der Waals surface area contributed by atoms with E-state index in [2.05, 4.69) is 21.2 Å². The van der Waals surface area contributed by atoms with E-state index in [1.165, 1.54) is 37.3 Å². The van der Waals surface area contributed by atoms with Crippen LogP contribution in [0.4, 0.5) is 5.69 Å². The number of nitrogens with zero attached hydrogens (tertiary/aromatic N) is 2. The minimum Gasteiger partial charge on any atom is -0.497 e. The van der Waals surface area contributed by atoms with Crippen molar-refractivity contribution < 1.29 is 27.5 Å². The molecule has 0 aliphatic carbocycles. The van der Waals surface area contributed by atoms with E-state index in [0.717, 1.165) is 19.9 Å². The predicted octanol–water partition coefficient (Wildman–Crippen LogP) is 6.07. The van der Waals surface area contributed by atoms with E-state index in [4.69, 9.17) is 9.47 Å². The second kappa shape index (κ2) is 16.5. The number of hydrogen-bond acceptors (Lipinski definition) is 6. The lowest BCUT2D eigenvalue weighted by atomic mass is 10.0. The zero-order valence-corrected chi connectivity index (χ0v) is 29.3. The van der Waals surface area contributed by atoms with Crippen molar-refractivity contribution in [1.82, 2.24) is 10.2 Å². The van der Waals surface area contributed by atoms with Crippen molar-refractivity contribution >= 4 is 43.5 Å². The van der Waals surface area contributed by atoms with E-state index in [-0.39, 0.29) is 41.1 Å². The second-order valence-corrected chi connectivity index (χ2v) is 14.1. The van der Waals surface area contributed by atoms with Gasteiger partial charge in [-0.3, -0.25) is 13.9 Å². The fourth-order valence-corrected chi connectivity index (χ4v) is 6.69. The SMILES string of the molecule is COc1ccc(OC)c(N(CC(=O)N(Cc2ccc(Br)cc2)[C@H](Cc2ccccc2)C(=O)NCC(C)C)S(=O)(=O)c2ccccc2)c1. The third-order valence-electron chi connectivity index (χ3n) is 7.49. The molecule has 0 aromatic heterocycles. The highest BCUT2D eigenvalue weighted by molar-refractivity contribution is 9.10. The van der Waals surface area contributed by atoms with E-state index < -0.39 is 28.5 Å². The lowest BCUT2D eigenvalue weighted by Crippen LogP contribution is -2.53. The number of halogens is 1. The van der Waals surface area contributed by atoms with Crippen LogP contribution in [-0.4, -0.2) is 58.5 Å². The van der Waals surface area contributed by atoms with Crippen molar-refractivity contribution in [1.29, 1.82) is 0 Å². The van der Waals surface area contributed by atoms with Gasteiger partial charge in [-0.1, -0.05) is 90.4 Å². The summed E-state index contributed by atoms with van der Waals surface area (Å²) in [6.45, 7) is 3.85. The van der Waals surface area contributed by atoms with Crippen LogP contribution in [0.1, 0.15) is 25.0 Å². The highest BCUT2D eigenvalue weighted by Gasteiger charge is 2.35. The van der Waals surface area contributed by atoms with E-state index in [9.17, 15) is 18.0 Å². The number of nitrogens with one attached hydrogen (secondary N) is 1. The van der Waals surface area contributed by atoms with Crippen molar-refractivity contribution in [2.24, 2.45) is 5.92 Å². The van der Waals surface area contributed by atoms with Crippen molar-refractivity contribution in [2.45, 2.75) is 37.8 Å². The molecule has 0 spiro atoms. The van der Waals surface area contributed by atoms with Gasteiger partial charge < -0.3 is 19.7 Å². The molecule has 0 aliphatic rings. The summed E-state index contributed by atoms with van der Waals surface area (Å²) >= 11 is 3.46. The number of anilines is 1. The van der Waals surface area contributed by atoms with Gasteiger partial charge in [0.2, 0.25) is 11.8 Å². The molecule has 0 bridgehead atoms. The first-order chi connectivity index (χ1) is 22.5. The smallest absolute Gasteiger partial charge is 0.264 e. The van der Waals surface area contributed by atoms with E-state index in [0.29, 0.717) is 12.3 Å². The zero-order valence-electron chi connectivity index (χ0n) is 26.9. The molecule has 0 aliphatic heterocycles. The zero-order chi connectivity index (χ0) is 34.0. The van der Waals surface area contributed by atoms with Crippen LogP contribution in [0.25, 0.3) is 0 Å². The number of amides is 2. The number of hydrogen-bond donors (Lipinski definition) is 1. The Kier molecular flexibility index (Phi) is 12.4. The number of carbonyl (C=O) groups is 2. The number of ether oxygens (including phenoxy) is 2. The van der Waals surface area contributed by atoms with Crippen LogP contribution in [0, 0.1) is 5.92 Å². The molecular formula is C36H40BrN3O6S. The van der Waals surface area contributed by atoms with Crippen LogP contribution in [-0.2, 0) is 32.6 Å². The maximum absolute atomic E-state index is 14.7. The molecule has 0 saturated heterocycles. The lowest BCUT2D eigenvalue weighted by Gasteiger charge is -2.34. The average Bonchev–Trinajstić information content (AvgIpc) is 3.08. The van der Waals surface area contributed by atoms with Crippen molar-refractivity contribution in [2.75, 3.05) is 31.6 Å². The Labute approximate surface area is 285 Å². The predicted molar refractivity (Wildman–Crippen MR) is 187 cm³/mol. The molecule has 0 radical (unpaired) electrons. The van der Waals surface area contributed by atoms with Crippen molar-refractivity contribution in [3.8, 4) is 11.5 Å². The maximum atomic E-state index is 14.7. The van der Waals surface area contributed by atoms with Gasteiger partial charge in [-0.25, -0.2) is 8.42 Å². The molecule has 9 nitrogen and oxygen atoms in total. The normalized spacial score (nSPS) is 11.9. The molecule has 0 fully saturated rings. The van der Waals surface area contributed by atoms with Crippen LogP contribution in [0.2, 0.25) is 0 Å². The summed E-state index contributed by atoms with van der Waals surface area (Å²) in [4.78, 5) is 30.0. The molecule has 11 heteroatoms. The first kappa shape index (κ1) is 35.5. The Morgan fingerprint density at radius 1 is 0.830 bits per heavy atom. The molecule has 4 aromatic rings. The number of carbonyl (C=O) groups excluding carboxylic acids is 2. The fraction of sp³-hybridized carbons (Fsp3) is 0.278. The van der Waals surface area contributed by atoms with E-state index in [1.807, 2.05) is 68.4 Å². The van der Waals surface area contributed by atoms with Crippen molar-refractivity contribution in [3.63, 3.8) is 0 Å². The molecule has 47 heavy (non-hydrogen) atoms. The maximum Gasteiger partial charge on any atom is 0.264 e. The molecule has 0 heterocycles. The van der Waals surface area contributed by atoms with Crippen molar-refractivity contribution in [3.05, 3.63) is 119 Å². The Balaban J connectivity index is 1.85. The highest BCUT2D eigenvalue weighted by atomic mass is 79.9. The van der Waals surface area contributed by atoms with Gasteiger partial charge in [-0.15, -0.1) is 0 Å². The summed E-state index contributed by atoms with van der Waals surface area (Å²) in [5.74, 6) is -0.113. The first-order valence-corrected chi connectivity index (χ1v) is 17.4. The van der Waals surface area contributed by atoms with Gasteiger partial charge in [-0.2, -0.15) is 0 Å². The van der Waals surface area contributed by atoms with Gasteiger partial charge in [0.15, 0.2) is 0 Å². The molecule has 2 amide bonds. The quantitative estimate of drug-likeness (QED) is 0.160. The monoisotopic (exact) mass is 721 g/mol. The minimum atomic E-state index is -4.30. The lowest BCUT2D eigenvalue weighted by molar-refractivity contribution is -0.140. The topological polar surface area (TPSA) is 105 Å². The molecular weight excluding hydrogens is 682 g/mol. The van der Waals surface area contributed by atoms with Gasteiger partial charge in [0.1, 0.15) is 24.1 Å². The average molecular weight is 723 g/mol. The van der Waals surface area contributed by atoms with Crippen LogP contribution in [0.5, 0.6) is 11.5 Å². The summed E-state index contributed by atoms with van der Waals surface area (Å²) in [5, 5.41) is 3.00. The first-order valence-electron chi connectivity index (χ1n) is 15.2.